The van der Waals surface area contributed by atoms with Crippen molar-refractivity contribution in [3.05, 3.63) is 66.2 Å². The molecule has 0 aliphatic heterocycles. The van der Waals surface area contributed by atoms with Crippen LogP contribution >= 0.6 is 0 Å². The van der Waals surface area contributed by atoms with E-state index in [1.54, 1.807) is 48.5 Å². The highest BCUT2D eigenvalue weighted by Gasteiger charge is 2.54. The van der Waals surface area contributed by atoms with Crippen LogP contribution in [-0.4, -0.2) is 32.3 Å². The van der Waals surface area contributed by atoms with Crippen molar-refractivity contribution < 1.29 is 28.6 Å². The Balaban J connectivity index is 2.41. The highest BCUT2D eigenvalue weighted by Crippen LogP contribution is 2.30. The quantitative estimate of drug-likeness (QED) is 0.509. The fourth-order valence-corrected chi connectivity index (χ4v) is 2.23. The van der Waals surface area contributed by atoms with Crippen molar-refractivity contribution in [3.8, 4) is 0 Å². The zero-order valence-electron chi connectivity index (χ0n) is 13.7. The minimum absolute atomic E-state index is 0.108. The molecular weight excluding hydrogens is 326 g/mol. The molecule has 2 aromatic carbocycles. The van der Waals surface area contributed by atoms with Gasteiger partial charge in [0.25, 0.3) is 0 Å². The van der Waals surface area contributed by atoms with E-state index in [9.17, 15) is 14.4 Å². The SMILES string of the molecule is COC(=O)C(OC(=O)Nc1ccccc1)(C(=O)OC)c1ccccc1. The lowest BCUT2D eigenvalue weighted by molar-refractivity contribution is -0.181. The van der Waals surface area contributed by atoms with Crippen molar-refractivity contribution in [1.29, 1.82) is 0 Å². The van der Waals surface area contributed by atoms with Gasteiger partial charge in [-0.05, 0) is 12.1 Å². The van der Waals surface area contributed by atoms with Gasteiger partial charge in [-0.15, -0.1) is 0 Å². The standard InChI is InChI=1S/C18H17NO6/c1-23-15(20)18(16(21)24-2,13-9-5-3-6-10-13)25-17(22)19-14-11-7-4-8-12-14/h3-12H,1-2H3,(H,19,22). The average molecular weight is 343 g/mol. The number of nitrogens with one attached hydrogen (secondary N) is 1. The van der Waals surface area contributed by atoms with Gasteiger partial charge in [-0.1, -0.05) is 48.5 Å². The minimum atomic E-state index is -2.37. The van der Waals surface area contributed by atoms with Crippen molar-refractivity contribution >= 4 is 23.7 Å². The predicted octanol–water partition coefficient (Wildman–Crippen LogP) is 2.48. The lowest BCUT2D eigenvalue weighted by Gasteiger charge is -2.28. The Labute approximate surface area is 144 Å². The van der Waals surface area contributed by atoms with E-state index in [-0.39, 0.29) is 5.56 Å². The van der Waals surface area contributed by atoms with E-state index < -0.39 is 23.6 Å². The van der Waals surface area contributed by atoms with E-state index in [4.69, 9.17) is 14.2 Å². The van der Waals surface area contributed by atoms with Gasteiger partial charge in [0.1, 0.15) is 0 Å². The second-order valence-electron chi connectivity index (χ2n) is 4.91. The van der Waals surface area contributed by atoms with Crippen LogP contribution in [0, 0.1) is 0 Å². The molecule has 0 saturated carbocycles. The maximum absolute atomic E-state index is 12.4. The summed E-state index contributed by atoms with van der Waals surface area (Å²) in [4.78, 5) is 37.1. The Bertz CT molecular complexity index is 729. The Morgan fingerprint density at radius 2 is 1.28 bits per heavy atom. The van der Waals surface area contributed by atoms with Crippen LogP contribution in [-0.2, 0) is 29.4 Å². The molecule has 1 amide bonds. The number of rotatable bonds is 5. The molecule has 0 heterocycles. The lowest BCUT2D eigenvalue weighted by atomic mass is 9.93. The first-order valence-corrected chi connectivity index (χ1v) is 7.32. The van der Waals surface area contributed by atoms with Gasteiger partial charge >= 0.3 is 23.6 Å². The van der Waals surface area contributed by atoms with Crippen molar-refractivity contribution in [1.82, 2.24) is 0 Å². The number of para-hydroxylation sites is 1. The van der Waals surface area contributed by atoms with Gasteiger partial charge in [0.05, 0.1) is 14.2 Å². The van der Waals surface area contributed by atoms with Crippen molar-refractivity contribution in [2.24, 2.45) is 0 Å². The average Bonchev–Trinajstić information content (AvgIpc) is 2.66. The van der Waals surface area contributed by atoms with E-state index in [0.717, 1.165) is 14.2 Å². The molecule has 0 unspecified atom stereocenters. The number of methoxy groups -OCH3 is 2. The summed E-state index contributed by atoms with van der Waals surface area (Å²) in [5.41, 5.74) is -1.83. The lowest BCUT2D eigenvalue weighted by Crippen LogP contribution is -2.49. The summed E-state index contributed by atoms with van der Waals surface area (Å²) in [6, 6.07) is 16.2. The maximum atomic E-state index is 12.4. The molecule has 0 fully saturated rings. The highest BCUT2D eigenvalue weighted by atomic mass is 16.6. The highest BCUT2D eigenvalue weighted by molar-refractivity contribution is 6.06. The third kappa shape index (κ3) is 3.77. The largest absolute Gasteiger partial charge is 0.465 e. The molecule has 7 nitrogen and oxygen atoms in total. The molecular formula is C18H17NO6. The first-order valence-electron chi connectivity index (χ1n) is 7.32. The number of anilines is 1. The molecule has 1 N–H and O–H groups in total. The molecule has 0 radical (unpaired) electrons. The zero-order chi connectivity index (χ0) is 18.3. The number of carbonyl (C=O) groups is 3. The second-order valence-corrected chi connectivity index (χ2v) is 4.91. The van der Waals surface area contributed by atoms with Gasteiger partial charge in [-0.2, -0.15) is 0 Å². The van der Waals surface area contributed by atoms with Crippen LogP contribution < -0.4 is 5.32 Å². The molecule has 2 aromatic rings. The van der Waals surface area contributed by atoms with E-state index >= 15 is 0 Å². The molecule has 0 aliphatic carbocycles. The van der Waals surface area contributed by atoms with Crippen LogP contribution in [0.15, 0.2) is 60.7 Å². The van der Waals surface area contributed by atoms with E-state index in [1.807, 2.05) is 0 Å². The smallest absolute Gasteiger partial charge is 0.413 e. The number of esters is 2. The van der Waals surface area contributed by atoms with Gasteiger partial charge in [0.2, 0.25) is 0 Å². The van der Waals surface area contributed by atoms with E-state index in [0.29, 0.717) is 5.69 Å². The summed E-state index contributed by atoms with van der Waals surface area (Å²) >= 11 is 0. The third-order valence-corrected chi connectivity index (χ3v) is 3.39. The van der Waals surface area contributed by atoms with Gasteiger partial charge in [0, 0.05) is 11.3 Å². The van der Waals surface area contributed by atoms with Crippen molar-refractivity contribution in [2.75, 3.05) is 19.5 Å². The second kappa shape index (κ2) is 7.96. The molecule has 130 valence electrons. The third-order valence-electron chi connectivity index (χ3n) is 3.39. The van der Waals surface area contributed by atoms with Gasteiger partial charge in [-0.25, -0.2) is 14.4 Å². The first-order chi connectivity index (χ1) is 12.0. The Kier molecular flexibility index (Phi) is 5.73. The summed E-state index contributed by atoms with van der Waals surface area (Å²) in [5.74, 6) is -2.15. The molecule has 7 heteroatoms. The monoisotopic (exact) mass is 343 g/mol. The van der Waals surface area contributed by atoms with E-state index in [1.165, 1.54) is 12.1 Å². The fourth-order valence-electron chi connectivity index (χ4n) is 2.23. The summed E-state index contributed by atoms with van der Waals surface area (Å²) in [7, 11) is 2.17. The molecule has 0 spiro atoms. The summed E-state index contributed by atoms with van der Waals surface area (Å²) in [5, 5.41) is 2.45. The number of hydrogen-bond donors (Lipinski definition) is 1. The summed E-state index contributed by atoms with van der Waals surface area (Å²) < 4.78 is 14.6. The number of hydrogen-bond acceptors (Lipinski definition) is 6. The van der Waals surface area contributed by atoms with Gasteiger partial charge in [-0.3, -0.25) is 5.32 Å². The first kappa shape index (κ1) is 18.0. The molecule has 0 aliphatic rings. The molecule has 0 saturated heterocycles. The molecule has 0 aromatic heterocycles. The predicted molar refractivity (Wildman–Crippen MR) is 88.7 cm³/mol. The Hall–Kier alpha value is -3.35. The van der Waals surface area contributed by atoms with Crippen molar-refractivity contribution in [3.63, 3.8) is 0 Å². The topological polar surface area (TPSA) is 90.9 Å². The maximum Gasteiger partial charge on any atom is 0.413 e. The molecule has 0 bridgehead atoms. The summed E-state index contributed by atoms with van der Waals surface area (Å²) in [6.45, 7) is 0. The van der Waals surface area contributed by atoms with Gasteiger partial charge < -0.3 is 14.2 Å². The summed E-state index contributed by atoms with van der Waals surface area (Å²) in [6.07, 6.45) is -1.01. The number of carbonyl (C=O) groups excluding carboxylic acids is 3. The minimum Gasteiger partial charge on any atom is -0.465 e. The van der Waals surface area contributed by atoms with Crippen LogP contribution in [0.4, 0.5) is 10.5 Å². The number of benzene rings is 2. The molecule has 0 atom stereocenters. The number of amides is 1. The van der Waals surface area contributed by atoms with Crippen LogP contribution in [0.1, 0.15) is 5.56 Å². The van der Waals surface area contributed by atoms with E-state index in [2.05, 4.69) is 5.32 Å². The van der Waals surface area contributed by atoms with Gasteiger partial charge in [0.15, 0.2) is 0 Å². The van der Waals surface area contributed by atoms with Crippen LogP contribution in [0.25, 0.3) is 0 Å². The van der Waals surface area contributed by atoms with Crippen LogP contribution in [0.3, 0.4) is 0 Å². The Morgan fingerprint density at radius 1 is 0.800 bits per heavy atom. The number of ether oxygens (including phenoxy) is 3. The van der Waals surface area contributed by atoms with Crippen LogP contribution in [0.5, 0.6) is 0 Å². The normalized spacial score (nSPS) is 10.5. The van der Waals surface area contributed by atoms with Crippen LogP contribution in [0.2, 0.25) is 0 Å². The molecule has 25 heavy (non-hydrogen) atoms. The molecule has 2 rings (SSSR count). The Morgan fingerprint density at radius 3 is 1.76 bits per heavy atom. The van der Waals surface area contributed by atoms with Crippen molar-refractivity contribution in [2.45, 2.75) is 5.60 Å². The zero-order valence-corrected chi connectivity index (χ0v) is 13.7. The fraction of sp³-hybridized carbons (Fsp3) is 0.167.